The normalized spacial score (nSPS) is 10.1. The van der Waals surface area contributed by atoms with Crippen molar-refractivity contribution in [3.05, 3.63) is 47.9 Å². The molecule has 0 saturated heterocycles. The third-order valence-corrected chi connectivity index (χ3v) is 2.91. The van der Waals surface area contributed by atoms with Crippen LogP contribution < -0.4 is 15.4 Å². The molecule has 1 heterocycles. The monoisotopic (exact) mass is 290 g/mol. The summed E-state index contributed by atoms with van der Waals surface area (Å²) < 4.78 is 10.6. The number of aryl methyl sites for hydroxylation is 1. The number of rotatable bonds is 5. The van der Waals surface area contributed by atoms with E-state index in [1.165, 1.54) is 0 Å². The van der Waals surface area contributed by atoms with Gasteiger partial charge in [0.25, 0.3) is 0 Å². The zero-order valence-corrected chi connectivity index (χ0v) is 12.4. The zero-order valence-electron chi connectivity index (χ0n) is 11.6. The molecule has 1 aromatic heterocycles. The Morgan fingerprint density at radius 3 is 2.65 bits per heavy atom. The molecule has 0 aliphatic carbocycles. The van der Waals surface area contributed by atoms with Gasteiger partial charge < -0.3 is 19.8 Å². The standard InChI is InChI=1S/C15H18N2O2S/c1-3-18-14-6-4-13(5-7-14)17-15(20)16-9-12-8-11(2)19-10-12/h4-8,10H,3,9H2,1-2H3,(H2,16,17,20). The van der Waals surface area contributed by atoms with Crippen LogP contribution in [0.5, 0.6) is 5.75 Å². The maximum atomic E-state index is 5.39. The van der Waals surface area contributed by atoms with Gasteiger partial charge in [0.15, 0.2) is 5.11 Å². The summed E-state index contributed by atoms with van der Waals surface area (Å²) in [6.07, 6.45) is 1.72. The third kappa shape index (κ3) is 4.28. The van der Waals surface area contributed by atoms with Crippen molar-refractivity contribution in [2.75, 3.05) is 11.9 Å². The van der Waals surface area contributed by atoms with E-state index in [-0.39, 0.29) is 0 Å². The SMILES string of the molecule is CCOc1ccc(NC(=S)NCc2coc(C)c2)cc1. The average Bonchev–Trinajstić information content (AvgIpc) is 2.85. The van der Waals surface area contributed by atoms with Crippen LogP contribution >= 0.6 is 12.2 Å². The number of nitrogens with one attached hydrogen (secondary N) is 2. The molecule has 4 nitrogen and oxygen atoms in total. The van der Waals surface area contributed by atoms with E-state index in [9.17, 15) is 0 Å². The van der Waals surface area contributed by atoms with E-state index in [4.69, 9.17) is 21.4 Å². The topological polar surface area (TPSA) is 46.4 Å². The molecule has 20 heavy (non-hydrogen) atoms. The van der Waals surface area contributed by atoms with Crippen molar-refractivity contribution in [3.63, 3.8) is 0 Å². The molecular weight excluding hydrogens is 272 g/mol. The Labute approximate surface area is 124 Å². The van der Waals surface area contributed by atoms with E-state index in [0.717, 1.165) is 22.8 Å². The first-order valence-electron chi connectivity index (χ1n) is 6.49. The number of thiocarbonyl (C=S) groups is 1. The highest BCUT2D eigenvalue weighted by molar-refractivity contribution is 7.80. The second-order valence-electron chi connectivity index (χ2n) is 4.33. The van der Waals surface area contributed by atoms with Gasteiger partial charge in [-0.3, -0.25) is 0 Å². The van der Waals surface area contributed by atoms with Gasteiger partial charge in [-0.05, 0) is 56.4 Å². The van der Waals surface area contributed by atoms with Gasteiger partial charge in [-0.1, -0.05) is 0 Å². The Bertz CT molecular complexity index is 564. The minimum absolute atomic E-state index is 0.577. The van der Waals surface area contributed by atoms with Gasteiger partial charge in [0.2, 0.25) is 0 Å². The molecule has 0 radical (unpaired) electrons. The lowest BCUT2D eigenvalue weighted by atomic mass is 10.3. The lowest BCUT2D eigenvalue weighted by Gasteiger charge is -2.10. The van der Waals surface area contributed by atoms with Crippen molar-refractivity contribution in [2.45, 2.75) is 20.4 Å². The Hall–Kier alpha value is -2.01. The Kier molecular flexibility index (Phi) is 5.01. The smallest absolute Gasteiger partial charge is 0.171 e. The summed E-state index contributed by atoms with van der Waals surface area (Å²) >= 11 is 5.24. The fourth-order valence-electron chi connectivity index (χ4n) is 1.75. The second kappa shape index (κ2) is 6.96. The summed E-state index contributed by atoms with van der Waals surface area (Å²) in [5, 5.41) is 6.83. The van der Waals surface area contributed by atoms with E-state index >= 15 is 0 Å². The molecule has 0 amide bonds. The van der Waals surface area contributed by atoms with E-state index in [1.54, 1.807) is 6.26 Å². The van der Waals surface area contributed by atoms with Crippen molar-refractivity contribution in [3.8, 4) is 5.75 Å². The summed E-state index contributed by atoms with van der Waals surface area (Å²) in [4.78, 5) is 0. The molecule has 0 saturated carbocycles. The number of hydrogen-bond acceptors (Lipinski definition) is 3. The molecule has 0 atom stereocenters. The highest BCUT2D eigenvalue weighted by Crippen LogP contribution is 2.15. The second-order valence-corrected chi connectivity index (χ2v) is 4.74. The van der Waals surface area contributed by atoms with Gasteiger partial charge in [0, 0.05) is 17.8 Å². The molecule has 2 aromatic rings. The van der Waals surface area contributed by atoms with Crippen molar-refractivity contribution >= 4 is 23.0 Å². The molecule has 0 aliphatic rings. The van der Waals surface area contributed by atoms with E-state index in [0.29, 0.717) is 18.3 Å². The zero-order chi connectivity index (χ0) is 14.4. The molecule has 0 unspecified atom stereocenters. The molecule has 0 bridgehead atoms. The van der Waals surface area contributed by atoms with Crippen LogP contribution in [0.4, 0.5) is 5.69 Å². The van der Waals surface area contributed by atoms with Crippen LogP contribution in [0.1, 0.15) is 18.2 Å². The maximum absolute atomic E-state index is 5.39. The first kappa shape index (κ1) is 14.4. The number of hydrogen-bond donors (Lipinski definition) is 2. The first-order chi connectivity index (χ1) is 9.67. The van der Waals surface area contributed by atoms with Gasteiger partial charge >= 0.3 is 0 Å². The predicted molar refractivity (Wildman–Crippen MR) is 84.1 cm³/mol. The summed E-state index contributed by atoms with van der Waals surface area (Å²) in [5.74, 6) is 1.75. The Balaban J connectivity index is 1.81. The first-order valence-corrected chi connectivity index (χ1v) is 6.90. The maximum Gasteiger partial charge on any atom is 0.171 e. The van der Waals surface area contributed by atoms with Crippen LogP contribution in [0.25, 0.3) is 0 Å². The van der Waals surface area contributed by atoms with Crippen LogP contribution in [0.15, 0.2) is 41.0 Å². The highest BCUT2D eigenvalue weighted by Gasteiger charge is 2.01. The van der Waals surface area contributed by atoms with Crippen LogP contribution in [0, 0.1) is 6.92 Å². The number of furan rings is 1. The fourth-order valence-corrected chi connectivity index (χ4v) is 1.94. The fraction of sp³-hybridized carbons (Fsp3) is 0.267. The molecule has 1 aromatic carbocycles. The molecule has 2 N–H and O–H groups in total. The molecule has 0 spiro atoms. The lowest BCUT2D eigenvalue weighted by molar-refractivity contribution is 0.340. The van der Waals surface area contributed by atoms with Crippen molar-refractivity contribution < 1.29 is 9.15 Å². The molecule has 5 heteroatoms. The van der Waals surface area contributed by atoms with Crippen LogP contribution in [-0.2, 0) is 6.54 Å². The van der Waals surface area contributed by atoms with Crippen molar-refractivity contribution in [1.29, 1.82) is 0 Å². The molecular formula is C15H18N2O2S. The minimum Gasteiger partial charge on any atom is -0.494 e. The Morgan fingerprint density at radius 2 is 2.05 bits per heavy atom. The molecule has 2 rings (SSSR count). The summed E-state index contributed by atoms with van der Waals surface area (Å²) in [5.41, 5.74) is 1.99. The van der Waals surface area contributed by atoms with E-state index < -0.39 is 0 Å². The molecule has 0 fully saturated rings. The summed E-state index contributed by atoms with van der Waals surface area (Å²) in [6, 6.07) is 9.66. The molecule has 0 aliphatic heterocycles. The van der Waals surface area contributed by atoms with Gasteiger partial charge in [-0.2, -0.15) is 0 Å². The van der Waals surface area contributed by atoms with Gasteiger partial charge in [-0.15, -0.1) is 0 Å². The van der Waals surface area contributed by atoms with Gasteiger partial charge in [0.05, 0.1) is 12.9 Å². The predicted octanol–water partition coefficient (Wildman–Crippen LogP) is 3.47. The number of ether oxygens (including phenoxy) is 1. The molecule has 106 valence electrons. The summed E-state index contributed by atoms with van der Waals surface area (Å²) in [7, 11) is 0. The summed E-state index contributed by atoms with van der Waals surface area (Å²) in [6.45, 7) is 5.18. The van der Waals surface area contributed by atoms with E-state index in [2.05, 4.69) is 10.6 Å². The average molecular weight is 290 g/mol. The van der Waals surface area contributed by atoms with E-state index in [1.807, 2.05) is 44.2 Å². The highest BCUT2D eigenvalue weighted by atomic mass is 32.1. The third-order valence-electron chi connectivity index (χ3n) is 2.66. The van der Waals surface area contributed by atoms with Crippen molar-refractivity contribution in [1.82, 2.24) is 5.32 Å². The minimum atomic E-state index is 0.577. The lowest BCUT2D eigenvalue weighted by Crippen LogP contribution is -2.27. The van der Waals surface area contributed by atoms with Crippen molar-refractivity contribution in [2.24, 2.45) is 0 Å². The quantitative estimate of drug-likeness (QED) is 0.826. The van der Waals surface area contributed by atoms with Gasteiger partial charge in [-0.25, -0.2) is 0 Å². The number of benzene rings is 1. The van der Waals surface area contributed by atoms with Gasteiger partial charge in [0.1, 0.15) is 11.5 Å². The Morgan fingerprint density at radius 1 is 1.30 bits per heavy atom. The number of anilines is 1. The van der Waals surface area contributed by atoms with Crippen LogP contribution in [0.3, 0.4) is 0 Å². The van der Waals surface area contributed by atoms with Crippen LogP contribution in [-0.4, -0.2) is 11.7 Å². The largest absolute Gasteiger partial charge is 0.494 e. The van der Waals surface area contributed by atoms with Crippen LogP contribution in [0.2, 0.25) is 0 Å².